The van der Waals surface area contributed by atoms with Crippen LogP contribution in [0.5, 0.6) is 0 Å². The van der Waals surface area contributed by atoms with Gasteiger partial charge in [0.05, 0.1) is 0 Å². The molecule has 3 rings (SSSR count). The fourth-order valence-electron chi connectivity index (χ4n) is 3.79. The Kier molecular flexibility index (Phi) is 12.6. The Labute approximate surface area is 238 Å². The minimum absolute atomic E-state index is 0. The van der Waals surface area contributed by atoms with Crippen LogP contribution < -0.4 is 5.32 Å². The average Bonchev–Trinajstić information content (AvgIpc) is 3.05. The van der Waals surface area contributed by atoms with Crippen molar-refractivity contribution in [2.45, 2.75) is 52.7 Å². The van der Waals surface area contributed by atoms with Gasteiger partial charge in [-0.3, -0.25) is 9.59 Å². The SMILES string of the molecule is CC(C)C1(C)C=CC([NH-])=CC(Cl)=C1.CNC(=O)C(CCC=O)N1Cc2cc(C[NH-])ccc2C1=O.[Y]. The van der Waals surface area contributed by atoms with Crippen molar-refractivity contribution in [1.29, 1.82) is 0 Å². The molecular formula is C26H33ClN4O3Y-2. The Hall–Kier alpha value is -1.80. The number of aldehydes is 1. The number of hydrogen-bond acceptors (Lipinski definition) is 3. The van der Waals surface area contributed by atoms with Crippen LogP contribution in [0.15, 0.2) is 53.2 Å². The van der Waals surface area contributed by atoms with E-state index in [1.807, 2.05) is 24.3 Å². The summed E-state index contributed by atoms with van der Waals surface area (Å²) in [7, 11) is 1.52. The van der Waals surface area contributed by atoms with Gasteiger partial charge in [0.25, 0.3) is 5.91 Å². The molecule has 1 radical (unpaired) electrons. The second kappa shape index (κ2) is 14.1. The Morgan fingerprint density at radius 1 is 1.34 bits per heavy atom. The van der Waals surface area contributed by atoms with E-state index in [2.05, 4.69) is 26.1 Å². The number of benzene rings is 1. The Bertz CT molecular complexity index is 1020. The summed E-state index contributed by atoms with van der Waals surface area (Å²) in [5, 5.41) is 3.20. The maximum atomic E-state index is 12.4. The Balaban J connectivity index is 0.000000378. The summed E-state index contributed by atoms with van der Waals surface area (Å²) < 4.78 is 0. The van der Waals surface area contributed by atoms with Crippen LogP contribution in [0.25, 0.3) is 11.5 Å². The van der Waals surface area contributed by atoms with E-state index in [4.69, 9.17) is 23.1 Å². The first-order valence-electron chi connectivity index (χ1n) is 11.3. The first-order valence-corrected chi connectivity index (χ1v) is 11.7. The molecule has 0 fully saturated rings. The normalized spacial score (nSPS) is 19.4. The van der Waals surface area contributed by atoms with Gasteiger partial charge >= 0.3 is 0 Å². The van der Waals surface area contributed by atoms with Gasteiger partial charge in [-0.15, -0.1) is 12.2 Å². The predicted molar refractivity (Wildman–Crippen MR) is 136 cm³/mol. The van der Waals surface area contributed by atoms with Gasteiger partial charge in [-0.2, -0.15) is 0 Å². The molecule has 0 spiro atoms. The zero-order valence-corrected chi connectivity index (χ0v) is 24.3. The molecule has 2 atom stereocenters. The summed E-state index contributed by atoms with van der Waals surface area (Å²) in [6.07, 6.45) is 8.84. The first kappa shape index (κ1) is 31.2. The monoisotopic (exact) mass is 573 g/mol. The number of halogens is 1. The zero-order valence-electron chi connectivity index (χ0n) is 20.7. The standard InChI is InChI=1S/C15H18N3O3.C11H15ClN.Y/c1-17-14(20)13(3-2-6-19)18-9-11-7-10(8-16)4-5-12(11)15(18)21;1-8(2)11(3)5-4-10(13)6-9(12)7-11;/h4-7,13,16H,2-3,8-9H2,1H3,(H,17,20);4-8,13H,1-3H3;/q2*-1;. The molecule has 35 heavy (non-hydrogen) atoms. The summed E-state index contributed by atoms with van der Waals surface area (Å²) in [5.74, 6) is 0.0246. The maximum absolute atomic E-state index is 12.4. The number of hydrogen-bond donors (Lipinski definition) is 1. The van der Waals surface area contributed by atoms with Gasteiger partial charge in [0.2, 0.25) is 5.91 Å². The number of fused-ring (bicyclic) bond motifs is 1. The van der Waals surface area contributed by atoms with Crippen molar-refractivity contribution in [3.63, 3.8) is 0 Å². The van der Waals surface area contributed by atoms with Gasteiger partial charge in [0.15, 0.2) is 0 Å². The van der Waals surface area contributed by atoms with Crippen LogP contribution >= 0.6 is 11.6 Å². The van der Waals surface area contributed by atoms with Crippen molar-refractivity contribution < 1.29 is 47.1 Å². The van der Waals surface area contributed by atoms with Gasteiger partial charge in [0.1, 0.15) is 12.3 Å². The molecule has 1 aliphatic carbocycles. The minimum atomic E-state index is -0.639. The number of rotatable bonds is 7. The number of nitrogens with zero attached hydrogens (tertiary/aromatic N) is 1. The van der Waals surface area contributed by atoms with Crippen LogP contribution in [-0.4, -0.2) is 36.1 Å². The van der Waals surface area contributed by atoms with E-state index in [0.29, 0.717) is 35.2 Å². The van der Waals surface area contributed by atoms with Crippen molar-refractivity contribution in [2.75, 3.05) is 7.05 Å². The molecule has 1 aromatic rings. The van der Waals surface area contributed by atoms with E-state index in [1.54, 1.807) is 18.2 Å². The minimum Gasteiger partial charge on any atom is -0.699 e. The third-order valence-electron chi connectivity index (χ3n) is 6.30. The van der Waals surface area contributed by atoms with Crippen molar-refractivity contribution in [2.24, 2.45) is 11.3 Å². The first-order chi connectivity index (χ1) is 16.1. The number of allylic oxidation sites excluding steroid dienone is 5. The van der Waals surface area contributed by atoms with Crippen LogP contribution in [-0.2, 0) is 55.4 Å². The van der Waals surface area contributed by atoms with Crippen molar-refractivity contribution in [3.05, 3.63) is 81.4 Å². The fourth-order valence-corrected chi connectivity index (χ4v) is 4.14. The molecule has 1 heterocycles. The van der Waals surface area contributed by atoms with Crippen LogP contribution in [0.4, 0.5) is 0 Å². The van der Waals surface area contributed by atoms with Crippen LogP contribution in [0.2, 0.25) is 0 Å². The zero-order chi connectivity index (χ0) is 25.5. The summed E-state index contributed by atoms with van der Waals surface area (Å²) >= 11 is 5.97. The van der Waals surface area contributed by atoms with E-state index in [-0.39, 0.29) is 62.9 Å². The molecule has 0 saturated carbocycles. The number of carbonyl (C=O) groups excluding carboxylic acids is 3. The quantitative estimate of drug-likeness (QED) is 0.431. The van der Waals surface area contributed by atoms with E-state index in [1.165, 1.54) is 11.9 Å². The van der Waals surface area contributed by atoms with E-state index in [9.17, 15) is 14.4 Å². The number of carbonyl (C=O) groups is 3. The van der Waals surface area contributed by atoms with Crippen molar-refractivity contribution in [3.8, 4) is 0 Å². The number of likely N-dealkylation sites (N-methyl/N-ethyl adjacent to an activating group) is 1. The summed E-state index contributed by atoms with van der Waals surface area (Å²) in [5.41, 5.74) is 17.6. The third kappa shape index (κ3) is 8.11. The van der Waals surface area contributed by atoms with E-state index >= 15 is 0 Å². The summed E-state index contributed by atoms with van der Waals surface area (Å²) in [6, 6.07) is 4.66. The van der Waals surface area contributed by atoms with Gasteiger partial charge in [-0.25, -0.2) is 0 Å². The molecular weight excluding hydrogens is 541 g/mol. The molecule has 0 aromatic heterocycles. The largest absolute Gasteiger partial charge is 0.699 e. The van der Waals surface area contributed by atoms with Gasteiger partial charge in [-0.05, 0) is 24.0 Å². The molecule has 2 amide bonds. The molecule has 1 aliphatic heterocycles. The molecule has 2 unspecified atom stereocenters. The molecule has 1 aromatic carbocycles. The summed E-state index contributed by atoms with van der Waals surface area (Å²) in [4.78, 5) is 36.5. The van der Waals surface area contributed by atoms with E-state index < -0.39 is 6.04 Å². The topological polar surface area (TPSA) is 114 Å². The fraction of sp³-hybridized carbons (Fsp3) is 0.423. The smallest absolute Gasteiger partial charge is 0.255 e. The number of amides is 2. The van der Waals surface area contributed by atoms with Crippen LogP contribution in [0, 0.1) is 11.3 Å². The second-order valence-corrected chi connectivity index (χ2v) is 9.39. The van der Waals surface area contributed by atoms with Crippen LogP contribution in [0.1, 0.15) is 55.1 Å². The van der Waals surface area contributed by atoms with Gasteiger partial charge in [0, 0.05) is 68.7 Å². The molecule has 2 aliphatic rings. The number of nitrogens with one attached hydrogen (secondary N) is 3. The van der Waals surface area contributed by atoms with Crippen LogP contribution in [0.3, 0.4) is 0 Å². The summed E-state index contributed by atoms with van der Waals surface area (Å²) in [6.45, 7) is 6.94. The predicted octanol–water partition coefficient (Wildman–Crippen LogP) is 5.56. The van der Waals surface area contributed by atoms with Crippen molar-refractivity contribution in [1.82, 2.24) is 10.2 Å². The maximum Gasteiger partial charge on any atom is 0.255 e. The average molecular weight is 574 g/mol. The molecule has 7 nitrogen and oxygen atoms in total. The molecule has 0 saturated heterocycles. The van der Waals surface area contributed by atoms with Crippen molar-refractivity contribution >= 4 is 29.7 Å². The van der Waals surface area contributed by atoms with E-state index in [0.717, 1.165) is 17.4 Å². The molecule has 187 valence electrons. The van der Waals surface area contributed by atoms with Gasteiger partial charge < -0.3 is 26.5 Å². The van der Waals surface area contributed by atoms with Gasteiger partial charge in [-0.1, -0.05) is 74.4 Å². The molecule has 9 heteroatoms. The second-order valence-electron chi connectivity index (χ2n) is 8.96. The third-order valence-corrected chi connectivity index (χ3v) is 6.52. The Morgan fingerprint density at radius 2 is 2.03 bits per heavy atom. The molecule has 0 bridgehead atoms. The Morgan fingerprint density at radius 3 is 2.60 bits per heavy atom. The molecule has 3 N–H and O–H groups in total.